The van der Waals surface area contributed by atoms with Crippen molar-refractivity contribution < 1.29 is 18.6 Å². The van der Waals surface area contributed by atoms with Crippen molar-refractivity contribution in [3.63, 3.8) is 0 Å². The van der Waals surface area contributed by atoms with Crippen LogP contribution in [-0.4, -0.2) is 73.3 Å². The third-order valence-electron chi connectivity index (χ3n) is 13.3. The summed E-state index contributed by atoms with van der Waals surface area (Å²) in [4.78, 5) is 12.6. The number of nitrogens with zero attached hydrogens (tertiary/aromatic N) is 4. The summed E-state index contributed by atoms with van der Waals surface area (Å²) in [7, 11) is 3.48. The molecule has 8 aromatic rings. The van der Waals surface area contributed by atoms with Crippen LogP contribution in [0.2, 0.25) is 0 Å². The van der Waals surface area contributed by atoms with Gasteiger partial charge in [-0.1, -0.05) is 25.0 Å². The SMILES string of the molecule is COc1ccc2[nH]c3ccc4cc[n+](CCN5CCC(CCC6CCN(CC[n+]7ccc8ccc9[nH]c%10ccc(OC)cc%10c9c8c7)CC6)CC5)cc4c3c2c1. The molecule has 10 rings (SSSR count). The van der Waals surface area contributed by atoms with Crippen molar-refractivity contribution in [3.8, 4) is 11.5 Å². The Morgan fingerprint density at radius 3 is 1.39 bits per heavy atom. The highest BCUT2D eigenvalue weighted by Crippen LogP contribution is 2.35. The first-order chi connectivity index (χ1) is 27.6. The molecule has 0 saturated carbocycles. The number of pyridine rings is 2. The molecule has 2 saturated heterocycles. The summed E-state index contributed by atoms with van der Waals surface area (Å²) in [6.45, 7) is 9.19. The van der Waals surface area contributed by atoms with Gasteiger partial charge in [0.2, 0.25) is 0 Å². The van der Waals surface area contributed by atoms with Gasteiger partial charge in [-0.2, -0.15) is 0 Å². The molecule has 8 heteroatoms. The van der Waals surface area contributed by atoms with E-state index in [9.17, 15) is 0 Å². The molecule has 0 amide bonds. The second kappa shape index (κ2) is 15.1. The second-order valence-corrected chi connectivity index (χ2v) is 16.6. The molecule has 0 bridgehead atoms. The maximum Gasteiger partial charge on any atom is 0.177 e. The Hall–Kier alpha value is -5.18. The standard InChI is InChI=1S/C48H52N6O2/c1-55-37-7-11-43-39(29-37)47-41-31-53(23-17-35(41)5-9-45(47)49-43)27-25-51-19-13-33(14-20-51)3-4-34-15-21-52(22-16-34)26-28-54-24-18-36-6-10-46-48(42(36)32-54)40-30-38(56-2)8-12-44(40)50-46/h5-12,17-18,23-24,29-34H,3-4,13-16,19-22,25-28H2,1-2H3/p+2. The van der Waals surface area contributed by atoms with E-state index in [-0.39, 0.29) is 0 Å². The van der Waals surface area contributed by atoms with Crippen LogP contribution in [0.5, 0.6) is 11.5 Å². The highest BCUT2D eigenvalue weighted by molar-refractivity contribution is 6.21. The summed E-state index contributed by atoms with van der Waals surface area (Å²) in [6, 6.07) is 26.0. The fourth-order valence-corrected chi connectivity index (χ4v) is 9.88. The molecule has 2 N–H and O–H groups in total. The van der Waals surface area contributed by atoms with Gasteiger partial charge in [-0.25, -0.2) is 9.13 Å². The summed E-state index contributed by atoms with van der Waals surface area (Å²) in [5, 5.41) is 10.2. The molecule has 2 fully saturated rings. The highest BCUT2D eigenvalue weighted by atomic mass is 16.5. The first-order valence-corrected chi connectivity index (χ1v) is 20.9. The number of piperidine rings is 2. The third-order valence-corrected chi connectivity index (χ3v) is 13.3. The molecule has 6 heterocycles. The van der Waals surface area contributed by atoms with Gasteiger partial charge < -0.3 is 19.4 Å². The zero-order valence-electron chi connectivity index (χ0n) is 32.9. The minimum atomic E-state index is 0.888. The number of likely N-dealkylation sites (tertiary alicyclic amines) is 2. The molecular weight excluding hydrogens is 693 g/mol. The van der Waals surface area contributed by atoms with Gasteiger partial charge in [0, 0.05) is 55.7 Å². The minimum absolute atomic E-state index is 0.888. The molecule has 4 aromatic heterocycles. The zero-order chi connectivity index (χ0) is 37.6. The monoisotopic (exact) mass is 746 g/mol. The van der Waals surface area contributed by atoms with Gasteiger partial charge >= 0.3 is 0 Å². The van der Waals surface area contributed by atoms with Crippen LogP contribution in [0.4, 0.5) is 0 Å². The lowest BCUT2D eigenvalue weighted by molar-refractivity contribution is -0.695. The molecule has 0 aliphatic carbocycles. The quantitative estimate of drug-likeness (QED) is 0.130. The first kappa shape index (κ1) is 35.2. The molecule has 8 nitrogen and oxygen atoms in total. The summed E-state index contributed by atoms with van der Waals surface area (Å²) in [6.07, 6.45) is 17.4. The van der Waals surface area contributed by atoms with E-state index in [4.69, 9.17) is 9.47 Å². The average Bonchev–Trinajstić information content (AvgIpc) is 3.83. The van der Waals surface area contributed by atoms with Crippen LogP contribution >= 0.6 is 0 Å². The smallest absolute Gasteiger partial charge is 0.177 e. The Bertz CT molecular complexity index is 2500. The van der Waals surface area contributed by atoms with Crippen LogP contribution in [0.25, 0.3) is 65.2 Å². The molecule has 56 heavy (non-hydrogen) atoms. The van der Waals surface area contributed by atoms with Crippen molar-refractivity contribution in [1.29, 1.82) is 0 Å². The topological polar surface area (TPSA) is 64.3 Å². The number of H-pyrrole nitrogens is 2. The van der Waals surface area contributed by atoms with E-state index in [1.165, 1.54) is 119 Å². The number of rotatable bonds is 11. The first-order valence-electron chi connectivity index (χ1n) is 20.9. The Labute approximate surface area is 328 Å². The van der Waals surface area contributed by atoms with Gasteiger partial charge in [0.05, 0.1) is 38.1 Å². The van der Waals surface area contributed by atoms with Crippen molar-refractivity contribution in [2.75, 3.05) is 53.5 Å². The normalized spacial score (nSPS) is 16.7. The van der Waals surface area contributed by atoms with Crippen molar-refractivity contribution in [2.24, 2.45) is 11.8 Å². The summed E-state index contributed by atoms with van der Waals surface area (Å²) in [5.74, 6) is 3.57. The summed E-state index contributed by atoms with van der Waals surface area (Å²) in [5.41, 5.74) is 4.66. The minimum Gasteiger partial charge on any atom is -0.497 e. The van der Waals surface area contributed by atoms with E-state index in [1.807, 2.05) is 12.1 Å². The van der Waals surface area contributed by atoms with Crippen LogP contribution in [0.1, 0.15) is 38.5 Å². The van der Waals surface area contributed by atoms with Gasteiger partial charge in [0.1, 0.15) is 11.5 Å². The number of hydrogen-bond acceptors (Lipinski definition) is 4. The number of aromatic amines is 2. The Balaban J connectivity index is 0.687. The lowest BCUT2D eigenvalue weighted by Crippen LogP contribution is -2.43. The third kappa shape index (κ3) is 6.83. The molecule has 2 aliphatic heterocycles. The molecule has 286 valence electrons. The lowest BCUT2D eigenvalue weighted by atomic mass is 9.85. The van der Waals surface area contributed by atoms with Crippen molar-refractivity contribution in [3.05, 3.63) is 97.6 Å². The fraction of sp³-hybridized carbons (Fsp3) is 0.375. The molecule has 0 atom stereocenters. The average molecular weight is 747 g/mol. The number of ether oxygens (including phenoxy) is 2. The Morgan fingerprint density at radius 2 is 0.964 bits per heavy atom. The Morgan fingerprint density at radius 1 is 0.536 bits per heavy atom. The number of benzene rings is 4. The van der Waals surface area contributed by atoms with Gasteiger partial charge in [-0.15, -0.1) is 0 Å². The van der Waals surface area contributed by atoms with E-state index >= 15 is 0 Å². The van der Waals surface area contributed by atoms with Crippen LogP contribution in [-0.2, 0) is 13.1 Å². The molecule has 0 radical (unpaired) electrons. The van der Waals surface area contributed by atoms with Crippen LogP contribution in [0, 0.1) is 11.8 Å². The van der Waals surface area contributed by atoms with Gasteiger partial charge in [-0.05, 0) is 123 Å². The number of methoxy groups -OCH3 is 2. The van der Waals surface area contributed by atoms with E-state index in [2.05, 4.69) is 114 Å². The van der Waals surface area contributed by atoms with Crippen molar-refractivity contribution in [2.45, 2.75) is 51.6 Å². The number of aromatic nitrogens is 4. The molecule has 0 spiro atoms. The van der Waals surface area contributed by atoms with Crippen LogP contribution in [0.3, 0.4) is 0 Å². The van der Waals surface area contributed by atoms with E-state index in [0.29, 0.717) is 0 Å². The second-order valence-electron chi connectivity index (χ2n) is 16.6. The number of fused-ring (bicyclic) bond motifs is 10. The summed E-state index contributed by atoms with van der Waals surface area (Å²) >= 11 is 0. The van der Waals surface area contributed by atoms with Crippen LogP contribution in [0.15, 0.2) is 97.6 Å². The van der Waals surface area contributed by atoms with E-state index in [1.54, 1.807) is 14.2 Å². The van der Waals surface area contributed by atoms with Crippen molar-refractivity contribution >= 4 is 65.2 Å². The summed E-state index contributed by atoms with van der Waals surface area (Å²) < 4.78 is 15.9. The van der Waals surface area contributed by atoms with Crippen LogP contribution < -0.4 is 18.6 Å². The van der Waals surface area contributed by atoms with Gasteiger partial charge in [0.25, 0.3) is 0 Å². The van der Waals surface area contributed by atoms with Gasteiger partial charge in [-0.3, -0.25) is 9.80 Å². The predicted molar refractivity (Wildman–Crippen MR) is 228 cm³/mol. The Kier molecular flexibility index (Phi) is 9.47. The maximum absolute atomic E-state index is 5.56. The molecule has 0 unspecified atom stereocenters. The molecule has 4 aromatic carbocycles. The number of nitrogens with one attached hydrogen (secondary N) is 2. The van der Waals surface area contributed by atoms with Gasteiger partial charge in [0.15, 0.2) is 37.9 Å². The predicted octanol–water partition coefficient (Wildman–Crippen LogP) is 8.76. The molecular formula is C48H54N6O2+2. The fourth-order valence-electron chi connectivity index (χ4n) is 9.88. The largest absolute Gasteiger partial charge is 0.497 e. The van der Waals surface area contributed by atoms with Crippen molar-refractivity contribution in [1.82, 2.24) is 19.8 Å². The lowest BCUT2D eigenvalue weighted by Gasteiger charge is -2.34. The maximum atomic E-state index is 5.56. The van der Waals surface area contributed by atoms with E-state index < -0.39 is 0 Å². The number of hydrogen-bond donors (Lipinski definition) is 2. The molecule has 2 aliphatic rings. The highest BCUT2D eigenvalue weighted by Gasteiger charge is 2.24. The van der Waals surface area contributed by atoms with E-state index in [0.717, 1.165) is 60.5 Å². The zero-order valence-corrected chi connectivity index (χ0v) is 32.9.